The third-order valence-electron chi connectivity index (χ3n) is 3.32. The van der Waals surface area contributed by atoms with Crippen molar-refractivity contribution in [3.05, 3.63) is 45.4 Å². The number of aromatic nitrogens is 1. The van der Waals surface area contributed by atoms with Gasteiger partial charge >= 0.3 is 0 Å². The molecule has 22 heavy (non-hydrogen) atoms. The molecule has 0 aliphatic carbocycles. The minimum absolute atomic E-state index is 0.00179. The van der Waals surface area contributed by atoms with Crippen LogP contribution in [0.25, 0.3) is 0 Å². The second-order valence-corrected chi connectivity index (χ2v) is 6.20. The fourth-order valence-electron chi connectivity index (χ4n) is 2.17. The van der Waals surface area contributed by atoms with E-state index in [1.165, 1.54) is 16.7 Å². The van der Waals surface area contributed by atoms with Crippen LogP contribution in [-0.2, 0) is 6.42 Å². The van der Waals surface area contributed by atoms with Gasteiger partial charge in [-0.05, 0) is 19.4 Å². The third-order valence-corrected chi connectivity index (χ3v) is 4.17. The molecule has 0 aliphatic heterocycles. The maximum atomic E-state index is 10.8. The van der Waals surface area contributed by atoms with Gasteiger partial charge in [0.05, 0.1) is 23.3 Å². The molecule has 1 heterocycles. The van der Waals surface area contributed by atoms with Gasteiger partial charge in [0, 0.05) is 17.4 Å². The molecule has 1 aromatic carbocycles. The first kappa shape index (κ1) is 16.5. The van der Waals surface area contributed by atoms with Gasteiger partial charge < -0.3 is 14.6 Å². The number of aromatic carboxylic acids is 1. The first-order chi connectivity index (χ1) is 10.6. The molecule has 0 unspecified atom stereocenters. The van der Waals surface area contributed by atoms with E-state index in [1.807, 2.05) is 19.1 Å². The van der Waals surface area contributed by atoms with Crippen molar-refractivity contribution in [3.63, 3.8) is 0 Å². The summed E-state index contributed by atoms with van der Waals surface area (Å²) in [6.07, 6.45) is 3.93. The number of hydrogen-bond acceptors (Lipinski definition) is 5. The summed E-state index contributed by atoms with van der Waals surface area (Å²) in [6.45, 7) is 4.89. The zero-order valence-corrected chi connectivity index (χ0v) is 13.7. The number of nitrogens with zero attached hydrogens (tertiary/aromatic N) is 1. The number of hydrogen-bond donors (Lipinski definition) is 0. The number of carboxylic acid groups (broad SMARTS) is 1. The lowest BCUT2D eigenvalue weighted by atomic mass is 10.1. The van der Waals surface area contributed by atoms with Crippen LogP contribution in [0.15, 0.2) is 23.6 Å². The highest BCUT2D eigenvalue weighted by atomic mass is 32.1. The number of rotatable bonds is 8. The highest BCUT2D eigenvalue weighted by molar-refractivity contribution is 7.09. The van der Waals surface area contributed by atoms with Gasteiger partial charge in [-0.3, -0.25) is 0 Å². The summed E-state index contributed by atoms with van der Waals surface area (Å²) in [4.78, 5) is 14.9. The minimum Gasteiger partial charge on any atom is -0.543 e. The Morgan fingerprint density at radius 1 is 1.36 bits per heavy atom. The Hall–Kier alpha value is -1.88. The average Bonchev–Trinajstić information content (AvgIpc) is 2.94. The van der Waals surface area contributed by atoms with Crippen LogP contribution >= 0.6 is 11.3 Å². The van der Waals surface area contributed by atoms with E-state index in [9.17, 15) is 9.90 Å². The minimum atomic E-state index is -1.23. The first-order valence-corrected chi connectivity index (χ1v) is 8.36. The van der Waals surface area contributed by atoms with E-state index in [-0.39, 0.29) is 5.69 Å². The van der Waals surface area contributed by atoms with Crippen molar-refractivity contribution in [2.45, 2.75) is 39.5 Å². The molecule has 5 heteroatoms. The number of ether oxygens (including phenoxy) is 1. The summed E-state index contributed by atoms with van der Waals surface area (Å²) < 4.78 is 5.87. The molecule has 2 rings (SSSR count). The van der Waals surface area contributed by atoms with E-state index < -0.39 is 5.97 Å². The van der Waals surface area contributed by atoms with Crippen LogP contribution in [0.4, 0.5) is 0 Å². The van der Waals surface area contributed by atoms with Crippen LogP contribution in [0.2, 0.25) is 0 Å². The number of thiazole rings is 1. The second kappa shape index (κ2) is 7.94. The van der Waals surface area contributed by atoms with Crippen molar-refractivity contribution in [1.82, 2.24) is 4.98 Å². The third kappa shape index (κ3) is 4.56. The summed E-state index contributed by atoms with van der Waals surface area (Å²) >= 11 is 1.33. The van der Waals surface area contributed by atoms with Gasteiger partial charge in [0.25, 0.3) is 0 Å². The van der Waals surface area contributed by atoms with E-state index in [0.29, 0.717) is 13.0 Å². The molecule has 0 aliphatic rings. The fraction of sp³-hybridized carbons (Fsp3) is 0.412. The smallest absolute Gasteiger partial charge is 0.122 e. The van der Waals surface area contributed by atoms with Crippen molar-refractivity contribution < 1.29 is 14.6 Å². The van der Waals surface area contributed by atoms with Gasteiger partial charge in [0.2, 0.25) is 0 Å². The zero-order chi connectivity index (χ0) is 15.9. The van der Waals surface area contributed by atoms with Gasteiger partial charge in [0.1, 0.15) is 5.75 Å². The Bertz CT molecular complexity index is 637. The molecule has 0 N–H and O–H groups in total. The average molecular weight is 318 g/mol. The molecule has 0 radical (unpaired) electrons. The van der Waals surface area contributed by atoms with Gasteiger partial charge in [-0.1, -0.05) is 37.5 Å². The fourth-order valence-corrected chi connectivity index (χ4v) is 2.96. The Balaban J connectivity index is 2.10. The predicted octanol–water partition coefficient (Wildman–Crippen LogP) is 2.97. The maximum absolute atomic E-state index is 10.8. The van der Waals surface area contributed by atoms with E-state index in [0.717, 1.165) is 41.1 Å². The van der Waals surface area contributed by atoms with Crippen LogP contribution < -0.4 is 9.84 Å². The number of carboxylic acids is 1. The van der Waals surface area contributed by atoms with Crippen LogP contribution in [0.3, 0.4) is 0 Å². The number of unbranched alkanes of at least 4 members (excludes halogenated alkanes) is 2. The van der Waals surface area contributed by atoms with E-state index in [1.54, 1.807) is 0 Å². The van der Waals surface area contributed by atoms with Crippen molar-refractivity contribution >= 4 is 17.3 Å². The topological polar surface area (TPSA) is 62.2 Å². The summed E-state index contributed by atoms with van der Waals surface area (Å²) in [6, 6.07) is 6.06. The molecule has 0 bridgehead atoms. The van der Waals surface area contributed by atoms with Crippen LogP contribution in [0, 0.1) is 6.92 Å². The number of benzene rings is 1. The Morgan fingerprint density at radius 3 is 2.86 bits per heavy atom. The van der Waals surface area contributed by atoms with Crippen molar-refractivity contribution in [3.8, 4) is 5.75 Å². The van der Waals surface area contributed by atoms with Crippen molar-refractivity contribution in [2.75, 3.05) is 6.61 Å². The molecule has 0 saturated carbocycles. The number of carbonyl (C=O) groups is 1. The normalized spacial score (nSPS) is 10.6. The molecule has 0 fully saturated rings. The summed E-state index contributed by atoms with van der Waals surface area (Å²) in [5.41, 5.74) is 2.18. The van der Waals surface area contributed by atoms with E-state index in [2.05, 4.69) is 18.0 Å². The van der Waals surface area contributed by atoms with E-state index in [4.69, 9.17) is 4.74 Å². The standard InChI is InChI=1S/C17H21NO3S/c1-3-4-5-8-21-15-7-6-12(2)9-13(15)10-16-18-14(11-22-16)17(19)20/h6-7,9,11H,3-5,8,10H2,1-2H3,(H,19,20)/p-1. The zero-order valence-electron chi connectivity index (χ0n) is 12.9. The van der Waals surface area contributed by atoms with Crippen LogP contribution in [0.1, 0.15) is 52.8 Å². The molecule has 0 saturated heterocycles. The first-order valence-electron chi connectivity index (χ1n) is 7.48. The highest BCUT2D eigenvalue weighted by Crippen LogP contribution is 2.25. The molecule has 0 atom stereocenters. The monoisotopic (exact) mass is 318 g/mol. The summed E-state index contributed by atoms with van der Waals surface area (Å²) in [5.74, 6) is -0.380. The lowest BCUT2D eigenvalue weighted by molar-refractivity contribution is -0.255. The SMILES string of the molecule is CCCCCOc1ccc(C)cc1Cc1nc(C(=O)[O-])cs1. The second-order valence-electron chi connectivity index (χ2n) is 5.26. The van der Waals surface area contributed by atoms with Gasteiger partial charge in [-0.25, -0.2) is 4.98 Å². The molecule has 1 aromatic heterocycles. The molecule has 4 nitrogen and oxygen atoms in total. The van der Waals surface area contributed by atoms with Gasteiger partial charge in [0.15, 0.2) is 0 Å². The van der Waals surface area contributed by atoms with Crippen molar-refractivity contribution in [2.24, 2.45) is 0 Å². The van der Waals surface area contributed by atoms with Gasteiger partial charge in [-0.15, -0.1) is 11.3 Å². The van der Waals surface area contributed by atoms with Crippen molar-refractivity contribution in [1.29, 1.82) is 0 Å². The predicted molar refractivity (Wildman–Crippen MR) is 85.4 cm³/mol. The maximum Gasteiger partial charge on any atom is 0.122 e. The molecule has 2 aromatic rings. The number of carbonyl (C=O) groups excluding carboxylic acids is 1. The van der Waals surface area contributed by atoms with Gasteiger partial charge in [-0.2, -0.15) is 0 Å². The molecule has 0 spiro atoms. The van der Waals surface area contributed by atoms with Crippen LogP contribution in [-0.4, -0.2) is 17.6 Å². The Labute approximate surface area is 134 Å². The lowest BCUT2D eigenvalue weighted by Crippen LogP contribution is -2.22. The molecule has 118 valence electrons. The summed E-state index contributed by atoms with van der Waals surface area (Å²) in [7, 11) is 0. The van der Waals surface area contributed by atoms with E-state index >= 15 is 0 Å². The lowest BCUT2D eigenvalue weighted by Gasteiger charge is -2.11. The molecular formula is C17H20NO3S-. The number of aryl methyl sites for hydroxylation is 1. The Morgan fingerprint density at radius 2 is 2.18 bits per heavy atom. The quantitative estimate of drug-likeness (QED) is 0.702. The highest BCUT2D eigenvalue weighted by Gasteiger charge is 2.09. The summed E-state index contributed by atoms with van der Waals surface area (Å²) in [5, 5.41) is 13.1. The molecule has 0 amide bonds. The largest absolute Gasteiger partial charge is 0.543 e. The Kier molecular flexibility index (Phi) is 5.95. The molecular weight excluding hydrogens is 298 g/mol. The van der Waals surface area contributed by atoms with Crippen LogP contribution in [0.5, 0.6) is 5.75 Å².